The lowest BCUT2D eigenvalue weighted by molar-refractivity contribution is -0.386. The molecule has 1 aliphatic heterocycles. The van der Waals surface area contributed by atoms with Crippen LogP contribution in [0.1, 0.15) is 51.9 Å². The van der Waals surface area contributed by atoms with Gasteiger partial charge in [0, 0.05) is 30.8 Å². The molecule has 0 spiro atoms. The number of carbonyl (C=O) groups is 1. The van der Waals surface area contributed by atoms with Crippen molar-refractivity contribution in [3.05, 3.63) is 87.1 Å². The van der Waals surface area contributed by atoms with Gasteiger partial charge in [-0.2, -0.15) is 5.10 Å². The topological polar surface area (TPSA) is 111 Å². The van der Waals surface area contributed by atoms with E-state index >= 15 is 0 Å². The highest BCUT2D eigenvalue weighted by Crippen LogP contribution is 2.27. The first-order chi connectivity index (χ1) is 16.4. The highest BCUT2D eigenvalue weighted by atomic mass is 16.6. The molecule has 1 amide bonds. The SMILES string of the molecule is Cc1nn(Cc2ccc(C(=O)N3CCCC(c4nnc5ccccn45)C3)cc2)c(C)c1[N+](=O)[O-]. The van der Waals surface area contributed by atoms with Gasteiger partial charge < -0.3 is 4.90 Å². The molecule has 0 bridgehead atoms. The molecule has 1 atom stereocenters. The minimum absolute atomic E-state index is 0.00757. The lowest BCUT2D eigenvalue weighted by Gasteiger charge is -2.32. The molecule has 1 aromatic carbocycles. The van der Waals surface area contributed by atoms with Crippen molar-refractivity contribution in [3.8, 4) is 0 Å². The van der Waals surface area contributed by atoms with Gasteiger partial charge in [-0.25, -0.2) is 0 Å². The predicted octanol–water partition coefficient (Wildman–Crippen LogP) is 3.52. The monoisotopic (exact) mass is 459 g/mol. The molecular formula is C24H25N7O3. The van der Waals surface area contributed by atoms with E-state index in [2.05, 4.69) is 15.3 Å². The van der Waals surface area contributed by atoms with Crippen molar-refractivity contribution in [2.24, 2.45) is 0 Å². The second-order valence-corrected chi connectivity index (χ2v) is 8.71. The van der Waals surface area contributed by atoms with E-state index in [4.69, 9.17) is 0 Å². The van der Waals surface area contributed by atoms with Gasteiger partial charge in [-0.05, 0) is 56.5 Å². The Labute approximate surface area is 196 Å². The largest absolute Gasteiger partial charge is 0.338 e. The molecule has 1 aliphatic rings. The van der Waals surface area contributed by atoms with Gasteiger partial charge in [0.25, 0.3) is 5.91 Å². The molecule has 5 rings (SSSR count). The number of hydrogen-bond acceptors (Lipinski definition) is 6. The lowest BCUT2D eigenvalue weighted by Crippen LogP contribution is -2.39. The van der Waals surface area contributed by atoms with Crippen LogP contribution in [0.3, 0.4) is 0 Å². The number of nitro groups is 1. The number of piperidine rings is 1. The molecule has 0 saturated carbocycles. The number of pyridine rings is 1. The first-order valence-corrected chi connectivity index (χ1v) is 11.3. The number of aromatic nitrogens is 5. The Morgan fingerprint density at radius 2 is 1.94 bits per heavy atom. The van der Waals surface area contributed by atoms with E-state index in [1.54, 1.807) is 18.5 Å². The average Bonchev–Trinajstić information content (AvgIpc) is 3.39. The number of fused-ring (bicyclic) bond motifs is 1. The standard InChI is InChI=1S/C24H25N7O3/c1-16-22(31(33)34)17(2)30(27-16)14-18-8-10-19(11-9-18)24(32)28-12-5-6-20(15-28)23-26-25-21-7-3-4-13-29(21)23/h3-4,7-11,13,20H,5-6,12,14-15H2,1-2H3. The van der Waals surface area contributed by atoms with Crippen molar-refractivity contribution in [1.29, 1.82) is 0 Å². The smallest absolute Gasteiger partial charge is 0.312 e. The summed E-state index contributed by atoms with van der Waals surface area (Å²) in [5.41, 5.74) is 3.31. The third-order valence-corrected chi connectivity index (χ3v) is 6.47. The highest BCUT2D eigenvalue weighted by Gasteiger charge is 2.28. The van der Waals surface area contributed by atoms with Crippen LogP contribution in [0.2, 0.25) is 0 Å². The Bertz CT molecular complexity index is 1370. The van der Waals surface area contributed by atoms with Crippen LogP contribution in [-0.2, 0) is 6.54 Å². The summed E-state index contributed by atoms with van der Waals surface area (Å²) >= 11 is 0. The summed E-state index contributed by atoms with van der Waals surface area (Å²) < 4.78 is 3.62. The molecular weight excluding hydrogens is 434 g/mol. The van der Waals surface area contributed by atoms with E-state index in [0.29, 0.717) is 36.6 Å². The molecule has 1 fully saturated rings. The van der Waals surface area contributed by atoms with Gasteiger partial charge in [-0.1, -0.05) is 18.2 Å². The summed E-state index contributed by atoms with van der Waals surface area (Å²) in [6.45, 7) is 5.05. The van der Waals surface area contributed by atoms with Gasteiger partial charge in [0.15, 0.2) is 5.65 Å². The second kappa shape index (κ2) is 8.69. The van der Waals surface area contributed by atoms with Crippen LogP contribution in [-0.4, -0.2) is 53.2 Å². The summed E-state index contributed by atoms with van der Waals surface area (Å²) in [5, 5.41) is 24.2. The number of benzene rings is 1. The number of hydrogen-bond donors (Lipinski definition) is 0. The summed E-state index contributed by atoms with van der Waals surface area (Å²) in [4.78, 5) is 25.9. The molecule has 4 aromatic rings. The summed E-state index contributed by atoms with van der Waals surface area (Å²) in [6.07, 6.45) is 3.84. The molecule has 34 heavy (non-hydrogen) atoms. The van der Waals surface area contributed by atoms with Crippen molar-refractivity contribution < 1.29 is 9.72 Å². The van der Waals surface area contributed by atoms with Gasteiger partial charge in [0.2, 0.25) is 0 Å². The number of amides is 1. The maximum atomic E-state index is 13.2. The fourth-order valence-electron chi connectivity index (χ4n) is 4.72. The Morgan fingerprint density at radius 1 is 1.15 bits per heavy atom. The van der Waals surface area contributed by atoms with Crippen molar-refractivity contribution in [1.82, 2.24) is 29.3 Å². The molecule has 1 saturated heterocycles. The summed E-state index contributed by atoms with van der Waals surface area (Å²) in [7, 11) is 0. The number of rotatable bonds is 5. The maximum Gasteiger partial charge on any atom is 0.312 e. The fraction of sp³-hybridized carbons (Fsp3) is 0.333. The Kier molecular flexibility index (Phi) is 5.56. The molecule has 4 heterocycles. The number of aryl methyl sites for hydroxylation is 1. The number of likely N-dealkylation sites (tertiary alicyclic amines) is 1. The van der Waals surface area contributed by atoms with E-state index in [1.165, 1.54) is 0 Å². The molecule has 0 radical (unpaired) electrons. The normalized spacial score (nSPS) is 16.2. The van der Waals surface area contributed by atoms with Crippen LogP contribution in [0, 0.1) is 24.0 Å². The van der Waals surface area contributed by atoms with Crippen LogP contribution < -0.4 is 0 Å². The highest BCUT2D eigenvalue weighted by molar-refractivity contribution is 5.94. The van der Waals surface area contributed by atoms with Crippen molar-refractivity contribution >= 4 is 17.2 Å². The molecule has 0 N–H and O–H groups in total. The molecule has 0 aliphatic carbocycles. The number of carbonyl (C=O) groups excluding carboxylic acids is 1. The fourth-order valence-corrected chi connectivity index (χ4v) is 4.72. The van der Waals surface area contributed by atoms with Crippen LogP contribution in [0.5, 0.6) is 0 Å². The van der Waals surface area contributed by atoms with Gasteiger partial charge in [-0.3, -0.25) is 24.0 Å². The predicted molar refractivity (Wildman–Crippen MR) is 125 cm³/mol. The molecule has 10 nitrogen and oxygen atoms in total. The minimum Gasteiger partial charge on any atom is -0.338 e. The van der Waals surface area contributed by atoms with Gasteiger partial charge in [0.05, 0.1) is 11.5 Å². The Morgan fingerprint density at radius 3 is 2.68 bits per heavy atom. The quantitative estimate of drug-likeness (QED) is 0.333. The van der Waals surface area contributed by atoms with E-state index in [1.807, 2.05) is 58.0 Å². The van der Waals surface area contributed by atoms with E-state index in [0.717, 1.165) is 29.9 Å². The van der Waals surface area contributed by atoms with Gasteiger partial charge in [0.1, 0.15) is 17.2 Å². The molecule has 1 unspecified atom stereocenters. The molecule has 10 heteroatoms. The number of nitrogens with zero attached hydrogens (tertiary/aromatic N) is 7. The van der Waals surface area contributed by atoms with Crippen molar-refractivity contribution in [2.75, 3.05) is 13.1 Å². The van der Waals surface area contributed by atoms with Crippen LogP contribution in [0.15, 0.2) is 48.7 Å². The summed E-state index contributed by atoms with van der Waals surface area (Å²) in [5.74, 6) is 1.02. The van der Waals surface area contributed by atoms with E-state index in [-0.39, 0.29) is 17.5 Å². The average molecular weight is 460 g/mol. The lowest BCUT2D eigenvalue weighted by atomic mass is 9.96. The third kappa shape index (κ3) is 3.91. The Balaban J connectivity index is 1.29. The second-order valence-electron chi connectivity index (χ2n) is 8.71. The molecule has 3 aromatic heterocycles. The third-order valence-electron chi connectivity index (χ3n) is 6.47. The van der Waals surface area contributed by atoms with Crippen LogP contribution in [0.4, 0.5) is 5.69 Å². The van der Waals surface area contributed by atoms with E-state index in [9.17, 15) is 14.9 Å². The van der Waals surface area contributed by atoms with Gasteiger partial charge in [-0.15, -0.1) is 10.2 Å². The first-order valence-electron chi connectivity index (χ1n) is 11.3. The zero-order valence-corrected chi connectivity index (χ0v) is 19.1. The maximum absolute atomic E-state index is 13.2. The van der Waals surface area contributed by atoms with E-state index < -0.39 is 4.92 Å². The van der Waals surface area contributed by atoms with Gasteiger partial charge >= 0.3 is 5.69 Å². The first kappa shape index (κ1) is 21.7. The zero-order chi connectivity index (χ0) is 23.8. The molecule has 174 valence electrons. The van der Waals surface area contributed by atoms with Crippen LogP contribution >= 0.6 is 0 Å². The zero-order valence-electron chi connectivity index (χ0n) is 19.1. The van der Waals surface area contributed by atoms with Crippen molar-refractivity contribution in [3.63, 3.8) is 0 Å². The minimum atomic E-state index is -0.399. The van der Waals surface area contributed by atoms with Crippen molar-refractivity contribution in [2.45, 2.75) is 39.2 Å². The Hall–Kier alpha value is -4.08. The van der Waals surface area contributed by atoms with Crippen LogP contribution in [0.25, 0.3) is 5.65 Å². The summed E-state index contributed by atoms with van der Waals surface area (Å²) in [6, 6.07) is 13.2.